The van der Waals surface area contributed by atoms with E-state index in [1.165, 1.54) is 11.6 Å². The number of halogens is 1. The van der Waals surface area contributed by atoms with Crippen LogP contribution in [0.4, 0.5) is 15.8 Å². The molecular formula is C17H19FN2O. The molecule has 2 aromatic rings. The molecule has 0 heterocycles. The maximum atomic E-state index is 13.4. The minimum Gasteiger partial charge on any atom is -0.385 e. The van der Waals surface area contributed by atoms with Crippen molar-refractivity contribution in [2.45, 2.75) is 19.8 Å². The Hall–Kier alpha value is -2.36. The predicted octanol–water partition coefficient (Wildman–Crippen LogP) is 3.83. The molecule has 0 aliphatic carbocycles. The fourth-order valence-electron chi connectivity index (χ4n) is 1.95. The number of rotatable bonds is 6. The highest BCUT2D eigenvalue weighted by molar-refractivity contribution is 5.91. The van der Waals surface area contributed by atoms with E-state index < -0.39 is 5.82 Å². The summed E-state index contributed by atoms with van der Waals surface area (Å²) in [7, 11) is 0. The van der Waals surface area contributed by atoms with Crippen LogP contribution in [0.5, 0.6) is 0 Å². The largest absolute Gasteiger partial charge is 0.385 e. The van der Waals surface area contributed by atoms with E-state index in [4.69, 9.17) is 0 Å². The van der Waals surface area contributed by atoms with Crippen molar-refractivity contribution in [2.75, 3.05) is 17.2 Å². The SMILES string of the molecule is CCc1ccc(NCCC(=O)Nc2ccccc2F)cc1. The molecule has 0 bridgehead atoms. The first kappa shape index (κ1) is 15.0. The maximum Gasteiger partial charge on any atom is 0.226 e. The van der Waals surface area contributed by atoms with Crippen molar-refractivity contribution in [3.05, 3.63) is 59.9 Å². The molecule has 0 unspecified atom stereocenters. The lowest BCUT2D eigenvalue weighted by Crippen LogP contribution is -2.16. The number of aryl methyl sites for hydroxylation is 1. The van der Waals surface area contributed by atoms with E-state index in [9.17, 15) is 9.18 Å². The van der Waals surface area contributed by atoms with Gasteiger partial charge in [-0.05, 0) is 36.2 Å². The minimum atomic E-state index is -0.422. The monoisotopic (exact) mass is 286 g/mol. The van der Waals surface area contributed by atoms with Gasteiger partial charge in [-0.2, -0.15) is 0 Å². The van der Waals surface area contributed by atoms with Crippen LogP contribution < -0.4 is 10.6 Å². The summed E-state index contributed by atoms with van der Waals surface area (Å²) in [4.78, 5) is 11.7. The Labute approximate surface area is 124 Å². The molecule has 2 aromatic carbocycles. The van der Waals surface area contributed by atoms with E-state index in [1.54, 1.807) is 18.2 Å². The van der Waals surface area contributed by atoms with Gasteiger partial charge in [-0.15, -0.1) is 0 Å². The van der Waals surface area contributed by atoms with Gasteiger partial charge in [0.05, 0.1) is 5.69 Å². The summed E-state index contributed by atoms with van der Waals surface area (Å²) < 4.78 is 13.4. The molecule has 0 aliphatic rings. The Kier molecular flexibility index (Phi) is 5.32. The van der Waals surface area contributed by atoms with Crippen LogP contribution in [-0.2, 0) is 11.2 Å². The number of anilines is 2. The molecule has 3 nitrogen and oxygen atoms in total. The quantitative estimate of drug-likeness (QED) is 0.847. The van der Waals surface area contributed by atoms with E-state index in [0.717, 1.165) is 12.1 Å². The normalized spacial score (nSPS) is 10.2. The highest BCUT2D eigenvalue weighted by Crippen LogP contribution is 2.13. The summed E-state index contributed by atoms with van der Waals surface area (Å²) in [6.07, 6.45) is 1.29. The predicted molar refractivity (Wildman–Crippen MR) is 84.0 cm³/mol. The first-order valence-corrected chi connectivity index (χ1v) is 7.06. The topological polar surface area (TPSA) is 41.1 Å². The van der Waals surface area contributed by atoms with Crippen LogP contribution in [0.3, 0.4) is 0 Å². The van der Waals surface area contributed by atoms with E-state index >= 15 is 0 Å². The van der Waals surface area contributed by atoms with Crippen LogP contribution in [-0.4, -0.2) is 12.5 Å². The number of benzene rings is 2. The highest BCUT2D eigenvalue weighted by atomic mass is 19.1. The van der Waals surface area contributed by atoms with Gasteiger partial charge < -0.3 is 10.6 Å². The molecule has 0 fully saturated rings. The molecule has 0 saturated carbocycles. The van der Waals surface area contributed by atoms with E-state index in [0.29, 0.717) is 6.54 Å². The van der Waals surface area contributed by atoms with Gasteiger partial charge in [0.1, 0.15) is 5.82 Å². The van der Waals surface area contributed by atoms with Crippen molar-refractivity contribution in [3.63, 3.8) is 0 Å². The van der Waals surface area contributed by atoms with Crippen molar-refractivity contribution in [1.82, 2.24) is 0 Å². The van der Waals surface area contributed by atoms with Crippen LogP contribution in [0, 0.1) is 5.82 Å². The molecule has 0 aromatic heterocycles. The van der Waals surface area contributed by atoms with Crippen LogP contribution in [0.1, 0.15) is 18.9 Å². The Balaban J connectivity index is 1.77. The maximum absolute atomic E-state index is 13.4. The number of hydrogen-bond acceptors (Lipinski definition) is 2. The number of carbonyl (C=O) groups excluding carboxylic acids is 1. The third kappa shape index (κ3) is 4.60. The van der Waals surface area contributed by atoms with Gasteiger partial charge >= 0.3 is 0 Å². The molecule has 21 heavy (non-hydrogen) atoms. The summed E-state index contributed by atoms with van der Waals surface area (Å²) in [6, 6.07) is 14.2. The zero-order valence-electron chi connectivity index (χ0n) is 12.0. The Bertz CT molecular complexity index is 596. The molecular weight excluding hydrogens is 267 g/mol. The lowest BCUT2D eigenvalue weighted by molar-refractivity contribution is -0.116. The van der Waals surface area contributed by atoms with Gasteiger partial charge in [0.2, 0.25) is 5.91 Å². The second kappa shape index (κ2) is 7.43. The van der Waals surface area contributed by atoms with Gasteiger partial charge in [-0.3, -0.25) is 4.79 Å². The van der Waals surface area contributed by atoms with Gasteiger partial charge in [0, 0.05) is 18.7 Å². The zero-order chi connectivity index (χ0) is 15.1. The average Bonchev–Trinajstić information content (AvgIpc) is 2.50. The summed E-state index contributed by atoms with van der Waals surface area (Å²) in [6.45, 7) is 2.61. The summed E-state index contributed by atoms with van der Waals surface area (Å²) >= 11 is 0. The highest BCUT2D eigenvalue weighted by Gasteiger charge is 2.05. The van der Waals surface area contributed by atoms with Crippen LogP contribution >= 0.6 is 0 Å². The van der Waals surface area contributed by atoms with Crippen LogP contribution in [0.2, 0.25) is 0 Å². The molecule has 1 amide bonds. The number of para-hydroxylation sites is 1. The smallest absolute Gasteiger partial charge is 0.226 e. The van der Waals surface area contributed by atoms with Gasteiger partial charge in [-0.1, -0.05) is 31.2 Å². The molecule has 4 heteroatoms. The Morgan fingerprint density at radius 2 is 1.81 bits per heavy atom. The fraction of sp³-hybridized carbons (Fsp3) is 0.235. The third-order valence-corrected chi connectivity index (χ3v) is 3.19. The molecule has 0 atom stereocenters. The standard InChI is InChI=1S/C17H19FN2O/c1-2-13-7-9-14(10-8-13)19-12-11-17(21)20-16-6-4-3-5-15(16)18/h3-10,19H,2,11-12H2,1H3,(H,20,21). The number of nitrogens with one attached hydrogen (secondary N) is 2. The lowest BCUT2D eigenvalue weighted by atomic mass is 10.1. The van der Waals surface area contributed by atoms with Crippen LogP contribution in [0.15, 0.2) is 48.5 Å². The Morgan fingerprint density at radius 3 is 2.48 bits per heavy atom. The summed E-state index contributed by atoms with van der Waals surface area (Å²) in [5.74, 6) is -0.633. The molecule has 0 saturated heterocycles. The average molecular weight is 286 g/mol. The molecule has 0 spiro atoms. The van der Waals surface area contributed by atoms with Crippen molar-refractivity contribution in [3.8, 4) is 0 Å². The fourth-order valence-corrected chi connectivity index (χ4v) is 1.95. The lowest BCUT2D eigenvalue weighted by Gasteiger charge is -2.08. The number of hydrogen-bond donors (Lipinski definition) is 2. The first-order valence-electron chi connectivity index (χ1n) is 7.06. The van der Waals surface area contributed by atoms with Gasteiger partial charge in [-0.25, -0.2) is 4.39 Å². The minimum absolute atomic E-state index is 0.210. The Morgan fingerprint density at radius 1 is 1.10 bits per heavy atom. The molecule has 2 rings (SSSR count). The zero-order valence-corrected chi connectivity index (χ0v) is 12.0. The first-order chi connectivity index (χ1) is 10.2. The van der Waals surface area contributed by atoms with Crippen molar-refractivity contribution in [2.24, 2.45) is 0 Å². The summed E-state index contributed by atoms with van der Waals surface area (Å²) in [5, 5.41) is 5.73. The van der Waals surface area contributed by atoms with Gasteiger partial charge in [0.15, 0.2) is 0 Å². The van der Waals surface area contributed by atoms with E-state index in [2.05, 4.69) is 29.7 Å². The van der Waals surface area contributed by atoms with Crippen molar-refractivity contribution < 1.29 is 9.18 Å². The van der Waals surface area contributed by atoms with Crippen molar-refractivity contribution >= 4 is 17.3 Å². The molecule has 110 valence electrons. The molecule has 0 radical (unpaired) electrons. The van der Waals surface area contributed by atoms with E-state index in [1.807, 2.05) is 12.1 Å². The van der Waals surface area contributed by atoms with E-state index in [-0.39, 0.29) is 18.0 Å². The summed E-state index contributed by atoms with van der Waals surface area (Å²) in [5.41, 5.74) is 2.47. The second-order valence-corrected chi connectivity index (χ2v) is 4.76. The number of carbonyl (C=O) groups is 1. The second-order valence-electron chi connectivity index (χ2n) is 4.76. The number of amides is 1. The van der Waals surface area contributed by atoms with Crippen LogP contribution in [0.25, 0.3) is 0 Å². The van der Waals surface area contributed by atoms with Crippen molar-refractivity contribution in [1.29, 1.82) is 0 Å². The molecule has 2 N–H and O–H groups in total. The third-order valence-electron chi connectivity index (χ3n) is 3.19. The molecule has 0 aliphatic heterocycles. The van der Waals surface area contributed by atoms with Gasteiger partial charge in [0.25, 0.3) is 0 Å².